The van der Waals surface area contributed by atoms with Crippen molar-refractivity contribution in [2.45, 2.75) is 18.9 Å². The number of amides is 1. The quantitative estimate of drug-likeness (QED) is 0.643. The molecule has 2 heterocycles. The molecule has 94 valence electrons. The number of aromatic nitrogens is 2. The van der Waals surface area contributed by atoms with Crippen molar-refractivity contribution >= 4 is 5.91 Å². The average molecular weight is 238 g/mol. The van der Waals surface area contributed by atoms with Gasteiger partial charge in [0, 0.05) is 25.8 Å². The summed E-state index contributed by atoms with van der Waals surface area (Å²) in [7, 11) is 1.79. The Balaban J connectivity index is 1.96. The molecule has 1 amide bonds. The highest BCUT2D eigenvalue weighted by Gasteiger charge is 2.31. The number of aliphatic hydroxyl groups is 1. The lowest BCUT2D eigenvalue weighted by atomic mass is 10.0. The molecular weight excluding hydrogens is 220 g/mol. The number of nitrogens with one attached hydrogen (secondary N) is 2. The summed E-state index contributed by atoms with van der Waals surface area (Å²) < 4.78 is 1.65. The van der Waals surface area contributed by atoms with Crippen LogP contribution in [0.2, 0.25) is 0 Å². The Kier molecular flexibility index (Phi) is 3.17. The van der Waals surface area contributed by atoms with Gasteiger partial charge in [0.2, 0.25) is 0 Å². The van der Waals surface area contributed by atoms with Gasteiger partial charge in [-0.25, -0.2) is 0 Å². The summed E-state index contributed by atoms with van der Waals surface area (Å²) in [6.07, 6.45) is 2.21. The number of hydrogen-bond acceptors (Lipinski definition) is 4. The van der Waals surface area contributed by atoms with Crippen LogP contribution in [0.25, 0.3) is 0 Å². The largest absolute Gasteiger partial charge is 0.387 e. The third kappa shape index (κ3) is 2.48. The zero-order valence-electron chi connectivity index (χ0n) is 10.2. The summed E-state index contributed by atoms with van der Waals surface area (Å²) in [5.74, 6) is -0.184. The molecule has 17 heavy (non-hydrogen) atoms. The summed E-state index contributed by atoms with van der Waals surface area (Å²) in [5, 5.41) is 19.9. The van der Waals surface area contributed by atoms with Crippen LogP contribution in [-0.4, -0.2) is 46.0 Å². The zero-order valence-corrected chi connectivity index (χ0v) is 10.2. The van der Waals surface area contributed by atoms with Crippen molar-refractivity contribution in [3.63, 3.8) is 0 Å². The van der Waals surface area contributed by atoms with Gasteiger partial charge in [0.05, 0.1) is 17.4 Å². The molecule has 1 aromatic heterocycles. The van der Waals surface area contributed by atoms with Crippen LogP contribution in [0.3, 0.4) is 0 Å². The van der Waals surface area contributed by atoms with Crippen LogP contribution in [0.4, 0.5) is 0 Å². The molecule has 1 unspecified atom stereocenters. The van der Waals surface area contributed by atoms with Crippen molar-refractivity contribution in [3.05, 3.63) is 17.5 Å². The minimum Gasteiger partial charge on any atom is -0.387 e. The third-order valence-corrected chi connectivity index (χ3v) is 3.28. The van der Waals surface area contributed by atoms with Crippen molar-refractivity contribution in [1.29, 1.82) is 0 Å². The minimum absolute atomic E-state index is 0.184. The number of β-amino-alcohol motifs (C(OH)–C–C–N with tert-alkyl or cyclic N) is 1. The Hall–Kier alpha value is -1.40. The summed E-state index contributed by atoms with van der Waals surface area (Å²) in [4.78, 5) is 11.9. The van der Waals surface area contributed by atoms with Crippen LogP contribution >= 0.6 is 0 Å². The molecule has 0 spiro atoms. The monoisotopic (exact) mass is 238 g/mol. The van der Waals surface area contributed by atoms with Gasteiger partial charge in [-0.3, -0.25) is 9.48 Å². The van der Waals surface area contributed by atoms with E-state index in [0.29, 0.717) is 18.5 Å². The van der Waals surface area contributed by atoms with Crippen LogP contribution in [-0.2, 0) is 7.05 Å². The van der Waals surface area contributed by atoms with E-state index in [1.807, 2.05) is 6.92 Å². The topological polar surface area (TPSA) is 79.2 Å². The molecule has 2 rings (SSSR count). The Morgan fingerprint density at radius 2 is 2.53 bits per heavy atom. The number of aryl methyl sites for hydroxylation is 1. The smallest absolute Gasteiger partial charge is 0.254 e. The van der Waals surface area contributed by atoms with Gasteiger partial charge in [-0.15, -0.1) is 0 Å². The molecule has 0 aliphatic carbocycles. The number of carbonyl (C=O) groups is 1. The molecule has 0 saturated carbocycles. The normalized spacial score (nSPS) is 23.9. The Morgan fingerprint density at radius 1 is 1.76 bits per heavy atom. The Morgan fingerprint density at radius 3 is 3.06 bits per heavy atom. The first-order valence-electron chi connectivity index (χ1n) is 5.72. The predicted molar refractivity (Wildman–Crippen MR) is 62.7 cm³/mol. The molecule has 1 aliphatic heterocycles. The van der Waals surface area contributed by atoms with Crippen LogP contribution in [0.1, 0.15) is 22.5 Å². The van der Waals surface area contributed by atoms with Crippen molar-refractivity contribution in [3.8, 4) is 0 Å². The minimum atomic E-state index is -0.814. The molecule has 6 nitrogen and oxygen atoms in total. The molecule has 1 saturated heterocycles. The first-order valence-corrected chi connectivity index (χ1v) is 5.72. The Bertz CT molecular complexity index is 421. The first kappa shape index (κ1) is 12.1. The van der Waals surface area contributed by atoms with E-state index in [9.17, 15) is 9.90 Å². The summed E-state index contributed by atoms with van der Waals surface area (Å²) >= 11 is 0. The molecule has 0 radical (unpaired) electrons. The van der Waals surface area contributed by atoms with Crippen LogP contribution < -0.4 is 10.6 Å². The van der Waals surface area contributed by atoms with E-state index in [4.69, 9.17) is 0 Å². The molecule has 1 aliphatic rings. The second-order valence-electron chi connectivity index (χ2n) is 4.60. The number of nitrogens with zero attached hydrogens (tertiary/aromatic N) is 2. The van der Waals surface area contributed by atoms with E-state index in [-0.39, 0.29) is 12.5 Å². The van der Waals surface area contributed by atoms with E-state index >= 15 is 0 Å². The third-order valence-electron chi connectivity index (χ3n) is 3.28. The fourth-order valence-electron chi connectivity index (χ4n) is 1.94. The summed E-state index contributed by atoms with van der Waals surface area (Å²) in [6, 6.07) is 0. The van der Waals surface area contributed by atoms with E-state index in [1.165, 1.54) is 0 Å². The van der Waals surface area contributed by atoms with Gasteiger partial charge < -0.3 is 15.7 Å². The highest BCUT2D eigenvalue weighted by Crippen LogP contribution is 2.13. The lowest BCUT2D eigenvalue weighted by Crippen LogP contribution is -2.44. The van der Waals surface area contributed by atoms with Gasteiger partial charge >= 0.3 is 0 Å². The highest BCUT2D eigenvalue weighted by atomic mass is 16.3. The van der Waals surface area contributed by atoms with Crippen LogP contribution in [0, 0.1) is 6.92 Å². The SMILES string of the molecule is Cc1c(C(=O)NCC2(O)CCNC2)cnn1C. The lowest BCUT2D eigenvalue weighted by Gasteiger charge is -2.21. The summed E-state index contributed by atoms with van der Waals surface area (Å²) in [5.41, 5.74) is 0.562. The lowest BCUT2D eigenvalue weighted by molar-refractivity contribution is 0.0561. The molecule has 1 aromatic rings. The highest BCUT2D eigenvalue weighted by molar-refractivity contribution is 5.95. The van der Waals surface area contributed by atoms with E-state index in [2.05, 4.69) is 15.7 Å². The molecule has 1 fully saturated rings. The molecule has 0 bridgehead atoms. The van der Waals surface area contributed by atoms with Crippen LogP contribution in [0.15, 0.2) is 6.20 Å². The van der Waals surface area contributed by atoms with Gasteiger partial charge in [0.25, 0.3) is 5.91 Å². The molecule has 1 atom stereocenters. The maximum Gasteiger partial charge on any atom is 0.254 e. The van der Waals surface area contributed by atoms with Gasteiger partial charge in [-0.05, 0) is 19.9 Å². The average Bonchev–Trinajstić information content (AvgIpc) is 2.86. The van der Waals surface area contributed by atoms with E-state index in [1.54, 1.807) is 17.9 Å². The van der Waals surface area contributed by atoms with Gasteiger partial charge in [-0.2, -0.15) is 5.10 Å². The van der Waals surface area contributed by atoms with Gasteiger partial charge in [0.15, 0.2) is 0 Å². The van der Waals surface area contributed by atoms with E-state index in [0.717, 1.165) is 12.2 Å². The molecular formula is C11H18N4O2. The number of carbonyl (C=O) groups excluding carboxylic acids is 1. The van der Waals surface area contributed by atoms with Gasteiger partial charge in [-0.1, -0.05) is 0 Å². The van der Waals surface area contributed by atoms with Crippen LogP contribution in [0.5, 0.6) is 0 Å². The fourth-order valence-corrected chi connectivity index (χ4v) is 1.94. The van der Waals surface area contributed by atoms with Crippen molar-refractivity contribution in [2.24, 2.45) is 7.05 Å². The first-order chi connectivity index (χ1) is 8.02. The molecule has 0 aromatic carbocycles. The van der Waals surface area contributed by atoms with Crippen molar-refractivity contribution in [2.75, 3.05) is 19.6 Å². The predicted octanol–water partition coefficient (Wildman–Crippen LogP) is -0.817. The van der Waals surface area contributed by atoms with Gasteiger partial charge in [0.1, 0.15) is 0 Å². The number of hydrogen-bond donors (Lipinski definition) is 3. The second kappa shape index (κ2) is 4.46. The maximum absolute atomic E-state index is 11.9. The zero-order chi connectivity index (χ0) is 12.5. The van der Waals surface area contributed by atoms with E-state index < -0.39 is 5.60 Å². The number of rotatable bonds is 3. The fraction of sp³-hybridized carbons (Fsp3) is 0.636. The molecule has 3 N–H and O–H groups in total. The molecule has 6 heteroatoms. The standard InChI is InChI=1S/C11H18N4O2/c1-8-9(5-14-15(8)2)10(16)13-7-11(17)3-4-12-6-11/h5,12,17H,3-4,6-7H2,1-2H3,(H,13,16). The Labute approximate surface area is 100 Å². The maximum atomic E-state index is 11.9. The van der Waals surface area contributed by atoms with Crippen molar-refractivity contribution in [1.82, 2.24) is 20.4 Å². The van der Waals surface area contributed by atoms with Crippen molar-refractivity contribution < 1.29 is 9.90 Å². The second-order valence-corrected chi connectivity index (χ2v) is 4.60. The summed E-state index contributed by atoms with van der Waals surface area (Å²) in [6.45, 7) is 3.43.